The molecule has 0 spiro atoms. The van der Waals surface area contributed by atoms with Gasteiger partial charge in [0.1, 0.15) is 0 Å². The van der Waals surface area contributed by atoms with Crippen LogP contribution in [-0.2, 0) is 11.9 Å². The Kier molecular flexibility index (Phi) is 4.84. The fourth-order valence-corrected chi connectivity index (χ4v) is 2.83. The van der Waals surface area contributed by atoms with E-state index in [0.717, 1.165) is 16.3 Å². The Morgan fingerprint density at radius 3 is 2.44 bits per heavy atom. The maximum absolute atomic E-state index is 3.55. The van der Waals surface area contributed by atoms with E-state index in [2.05, 4.69) is 86.3 Å². The van der Waals surface area contributed by atoms with E-state index in [1.807, 2.05) is 6.07 Å². The number of halogens is 2. The SMILES string of the molecule is CN(Cc1ccccc1)c1ccc(Br)cc1CBr. The lowest BCUT2D eigenvalue weighted by Crippen LogP contribution is -2.17. The third-order valence-electron chi connectivity index (χ3n) is 2.86. The van der Waals surface area contributed by atoms with Gasteiger partial charge in [0, 0.05) is 29.1 Å². The highest BCUT2D eigenvalue weighted by molar-refractivity contribution is 9.10. The summed E-state index contributed by atoms with van der Waals surface area (Å²) in [6, 6.07) is 16.9. The van der Waals surface area contributed by atoms with Gasteiger partial charge in [0.05, 0.1) is 0 Å². The molecule has 0 bridgehead atoms. The Balaban J connectivity index is 2.21. The largest absolute Gasteiger partial charge is 0.370 e. The van der Waals surface area contributed by atoms with Crippen LogP contribution in [0.25, 0.3) is 0 Å². The number of alkyl halides is 1. The lowest BCUT2D eigenvalue weighted by molar-refractivity contribution is 0.916. The Morgan fingerprint density at radius 1 is 1.06 bits per heavy atom. The van der Waals surface area contributed by atoms with Crippen LogP contribution in [0.5, 0.6) is 0 Å². The summed E-state index contributed by atoms with van der Waals surface area (Å²) in [4.78, 5) is 2.28. The van der Waals surface area contributed by atoms with Crippen molar-refractivity contribution in [1.29, 1.82) is 0 Å². The second kappa shape index (κ2) is 6.39. The average Bonchev–Trinajstić information content (AvgIpc) is 2.39. The highest BCUT2D eigenvalue weighted by Crippen LogP contribution is 2.26. The van der Waals surface area contributed by atoms with Crippen molar-refractivity contribution in [3.05, 3.63) is 64.1 Å². The van der Waals surface area contributed by atoms with Gasteiger partial charge in [0.2, 0.25) is 0 Å². The minimum Gasteiger partial charge on any atom is -0.370 e. The van der Waals surface area contributed by atoms with E-state index in [1.54, 1.807) is 0 Å². The van der Waals surface area contributed by atoms with Crippen LogP contribution in [0.4, 0.5) is 5.69 Å². The van der Waals surface area contributed by atoms with Gasteiger partial charge in [-0.2, -0.15) is 0 Å². The number of anilines is 1. The highest BCUT2D eigenvalue weighted by atomic mass is 79.9. The van der Waals surface area contributed by atoms with Crippen LogP contribution in [0.3, 0.4) is 0 Å². The monoisotopic (exact) mass is 367 g/mol. The van der Waals surface area contributed by atoms with Crippen molar-refractivity contribution < 1.29 is 0 Å². The average molecular weight is 369 g/mol. The van der Waals surface area contributed by atoms with Gasteiger partial charge in [0.25, 0.3) is 0 Å². The molecule has 2 rings (SSSR count). The molecule has 2 aromatic carbocycles. The van der Waals surface area contributed by atoms with Crippen LogP contribution in [0, 0.1) is 0 Å². The summed E-state index contributed by atoms with van der Waals surface area (Å²) < 4.78 is 1.12. The van der Waals surface area contributed by atoms with Gasteiger partial charge in [-0.1, -0.05) is 62.2 Å². The molecule has 0 unspecified atom stereocenters. The van der Waals surface area contributed by atoms with Gasteiger partial charge in [-0.25, -0.2) is 0 Å². The Hall–Kier alpha value is -0.800. The zero-order chi connectivity index (χ0) is 13.0. The molecular weight excluding hydrogens is 354 g/mol. The number of nitrogens with zero attached hydrogens (tertiary/aromatic N) is 1. The maximum atomic E-state index is 3.55. The highest BCUT2D eigenvalue weighted by Gasteiger charge is 2.07. The smallest absolute Gasteiger partial charge is 0.0426 e. The summed E-state index contributed by atoms with van der Waals surface area (Å²) in [7, 11) is 2.13. The number of hydrogen-bond acceptors (Lipinski definition) is 1. The molecule has 0 amide bonds. The summed E-state index contributed by atoms with van der Waals surface area (Å²) in [6.07, 6.45) is 0. The number of benzene rings is 2. The summed E-state index contributed by atoms with van der Waals surface area (Å²) in [6.45, 7) is 0.919. The second-order valence-corrected chi connectivity index (χ2v) is 5.72. The lowest BCUT2D eigenvalue weighted by Gasteiger charge is -2.22. The van der Waals surface area contributed by atoms with Crippen molar-refractivity contribution in [2.24, 2.45) is 0 Å². The van der Waals surface area contributed by atoms with Gasteiger partial charge in [-0.15, -0.1) is 0 Å². The van der Waals surface area contributed by atoms with E-state index in [-0.39, 0.29) is 0 Å². The van der Waals surface area contributed by atoms with E-state index in [0.29, 0.717) is 0 Å². The molecule has 0 atom stereocenters. The zero-order valence-electron chi connectivity index (χ0n) is 10.2. The zero-order valence-corrected chi connectivity index (χ0v) is 13.4. The topological polar surface area (TPSA) is 3.24 Å². The first kappa shape index (κ1) is 13.6. The molecular formula is C15H15Br2N. The molecule has 0 aliphatic rings. The Bertz CT molecular complexity index is 511. The Morgan fingerprint density at radius 2 is 1.78 bits per heavy atom. The first-order chi connectivity index (χ1) is 8.70. The third-order valence-corrected chi connectivity index (χ3v) is 3.96. The molecule has 0 saturated heterocycles. The van der Waals surface area contributed by atoms with Crippen molar-refractivity contribution >= 4 is 37.5 Å². The number of hydrogen-bond donors (Lipinski definition) is 0. The van der Waals surface area contributed by atoms with E-state index < -0.39 is 0 Å². The van der Waals surface area contributed by atoms with Crippen LogP contribution >= 0.6 is 31.9 Å². The van der Waals surface area contributed by atoms with Gasteiger partial charge in [-0.05, 0) is 29.3 Å². The molecule has 0 aromatic heterocycles. The van der Waals surface area contributed by atoms with Crippen LogP contribution in [0.1, 0.15) is 11.1 Å². The Labute approximate surface area is 125 Å². The second-order valence-electron chi connectivity index (χ2n) is 4.25. The summed E-state index contributed by atoms with van der Waals surface area (Å²) in [5, 5.41) is 0.862. The van der Waals surface area contributed by atoms with E-state index in [4.69, 9.17) is 0 Å². The van der Waals surface area contributed by atoms with Crippen molar-refractivity contribution in [2.75, 3.05) is 11.9 Å². The van der Waals surface area contributed by atoms with Crippen molar-refractivity contribution in [3.8, 4) is 0 Å². The molecule has 3 heteroatoms. The van der Waals surface area contributed by atoms with Crippen LogP contribution in [0.2, 0.25) is 0 Å². The van der Waals surface area contributed by atoms with E-state index in [9.17, 15) is 0 Å². The molecule has 1 nitrogen and oxygen atoms in total. The molecule has 0 radical (unpaired) electrons. The molecule has 94 valence electrons. The van der Waals surface area contributed by atoms with Crippen molar-refractivity contribution in [1.82, 2.24) is 0 Å². The van der Waals surface area contributed by atoms with Crippen molar-refractivity contribution in [3.63, 3.8) is 0 Å². The van der Waals surface area contributed by atoms with E-state index in [1.165, 1.54) is 16.8 Å². The van der Waals surface area contributed by atoms with E-state index >= 15 is 0 Å². The maximum Gasteiger partial charge on any atom is 0.0426 e. The van der Waals surface area contributed by atoms with Crippen molar-refractivity contribution in [2.45, 2.75) is 11.9 Å². The van der Waals surface area contributed by atoms with Gasteiger partial charge in [-0.3, -0.25) is 0 Å². The third kappa shape index (κ3) is 3.36. The molecule has 0 N–H and O–H groups in total. The molecule has 2 aromatic rings. The standard InChI is InChI=1S/C15H15Br2N/c1-18(11-12-5-3-2-4-6-12)15-8-7-14(17)9-13(15)10-16/h2-9H,10-11H2,1H3. The summed E-state index contributed by atoms with van der Waals surface area (Å²) in [5.41, 5.74) is 3.88. The minimum atomic E-state index is 0.862. The van der Waals surface area contributed by atoms with Gasteiger partial charge in [0.15, 0.2) is 0 Å². The molecule has 0 fully saturated rings. The molecule has 0 heterocycles. The first-order valence-electron chi connectivity index (χ1n) is 5.80. The normalized spacial score (nSPS) is 10.4. The first-order valence-corrected chi connectivity index (χ1v) is 7.71. The molecule has 18 heavy (non-hydrogen) atoms. The number of rotatable bonds is 4. The molecule has 0 aliphatic carbocycles. The predicted octanol–water partition coefficient (Wildman–Crippen LogP) is 4.98. The van der Waals surface area contributed by atoms with Crippen LogP contribution in [0.15, 0.2) is 53.0 Å². The predicted molar refractivity (Wildman–Crippen MR) is 85.3 cm³/mol. The molecule has 0 aliphatic heterocycles. The summed E-state index contributed by atoms with van der Waals surface area (Å²) >= 11 is 7.06. The van der Waals surface area contributed by atoms with Crippen LogP contribution < -0.4 is 4.90 Å². The summed E-state index contributed by atoms with van der Waals surface area (Å²) in [5.74, 6) is 0. The fraction of sp³-hybridized carbons (Fsp3) is 0.200. The van der Waals surface area contributed by atoms with Crippen LogP contribution in [-0.4, -0.2) is 7.05 Å². The van der Waals surface area contributed by atoms with Gasteiger partial charge >= 0.3 is 0 Å². The molecule has 0 saturated carbocycles. The lowest BCUT2D eigenvalue weighted by atomic mass is 10.1. The minimum absolute atomic E-state index is 0.862. The van der Waals surface area contributed by atoms with Gasteiger partial charge < -0.3 is 4.90 Å². The fourth-order valence-electron chi connectivity index (χ4n) is 1.98. The quantitative estimate of drug-likeness (QED) is 0.688.